The first-order chi connectivity index (χ1) is 7.65. The second-order valence-electron chi connectivity index (χ2n) is 3.22. The Morgan fingerprint density at radius 1 is 1.31 bits per heavy atom. The van der Waals surface area contributed by atoms with Gasteiger partial charge in [0, 0.05) is 0 Å². The lowest BCUT2D eigenvalue weighted by Crippen LogP contribution is -2.39. The number of esters is 1. The van der Waals surface area contributed by atoms with Crippen LogP contribution in [0, 0.1) is 0 Å². The lowest BCUT2D eigenvalue weighted by Gasteiger charge is -2.07. The van der Waals surface area contributed by atoms with Crippen LogP contribution >= 0.6 is 0 Å². The van der Waals surface area contributed by atoms with E-state index >= 15 is 0 Å². The summed E-state index contributed by atoms with van der Waals surface area (Å²) >= 11 is 0. The summed E-state index contributed by atoms with van der Waals surface area (Å²) in [4.78, 5) is 22.3. The van der Waals surface area contributed by atoms with Crippen LogP contribution in [0.1, 0.15) is 5.56 Å². The van der Waals surface area contributed by atoms with Crippen molar-refractivity contribution in [3.05, 3.63) is 35.9 Å². The number of hydrogen-bond acceptors (Lipinski definition) is 5. The van der Waals surface area contributed by atoms with Gasteiger partial charge in [-0.15, -0.1) is 0 Å². The average molecular weight is 223 g/mol. The van der Waals surface area contributed by atoms with E-state index < -0.39 is 24.4 Å². The van der Waals surface area contributed by atoms with Crippen LogP contribution in [0.15, 0.2) is 30.3 Å². The molecule has 0 spiro atoms. The fraction of sp³-hybridized carbons (Fsp3) is 0.273. The topological polar surface area (TPSA) is 89.6 Å². The highest BCUT2D eigenvalue weighted by molar-refractivity contribution is 6.35. The molecule has 1 aromatic carbocycles. The van der Waals surface area contributed by atoms with Crippen molar-refractivity contribution < 1.29 is 19.4 Å². The molecule has 0 aliphatic carbocycles. The maximum Gasteiger partial charge on any atom is 0.376 e. The first-order valence-electron chi connectivity index (χ1n) is 4.76. The molecule has 0 bridgehead atoms. The van der Waals surface area contributed by atoms with Gasteiger partial charge in [0.1, 0.15) is 6.61 Å². The third kappa shape index (κ3) is 3.45. The minimum atomic E-state index is -1.21. The third-order valence-corrected chi connectivity index (χ3v) is 1.95. The molecular weight excluding hydrogens is 210 g/mol. The van der Waals surface area contributed by atoms with E-state index in [2.05, 4.69) is 0 Å². The van der Waals surface area contributed by atoms with Gasteiger partial charge in [-0.1, -0.05) is 30.3 Å². The van der Waals surface area contributed by atoms with E-state index in [4.69, 9.17) is 15.6 Å². The van der Waals surface area contributed by atoms with Gasteiger partial charge in [-0.2, -0.15) is 0 Å². The Morgan fingerprint density at radius 2 is 1.94 bits per heavy atom. The van der Waals surface area contributed by atoms with Crippen LogP contribution in [0.4, 0.5) is 0 Å². The Balaban J connectivity index is 2.44. The molecule has 0 aliphatic rings. The van der Waals surface area contributed by atoms with Crippen LogP contribution in [0.25, 0.3) is 0 Å². The van der Waals surface area contributed by atoms with Crippen LogP contribution in [-0.2, 0) is 20.9 Å². The molecule has 0 radical (unpaired) electrons. The van der Waals surface area contributed by atoms with E-state index in [1.54, 1.807) is 24.3 Å². The number of aliphatic hydroxyl groups excluding tert-OH is 1. The van der Waals surface area contributed by atoms with Gasteiger partial charge in [-0.05, 0) is 5.56 Å². The molecule has 86 valence electrons. The summed E-state index contributed by atoms with van der Waals surface area (Å²) in [6.07, 6.45) is 0. The highest BCUT2D eigenvalue weighted by Crippen LogP contribution is 2.01. The van der Waals surface area contributed by atoms with Crippen LogP contribution < -0.4 is 5.73 Å². The van der Waals surface area contributed by atoms with E-state index in [1.165, 1.54) is 0 Å². The molecule has 0 aromatic heterocycles. The SMILES string of the molecule is NC(CO)C(=O)C(=O)OCc1ccccc1. The summed E-state index contributed by atoms with van der Waals surface area (Å²) in [6, 6.07) is 7.75. The zero-order chi connectivity index (χ0) is 12.0. The molecule has 0 amide bonds. The number of carbonyl (C=O) groups is 2. The molecule has 16 heavy (non-hydrogen) atoms. The molecule has 5 nitrogen and oxygen atoms in total. The van der Waals surface area contributed by atoms with Gasteiger partial charge in [0.15, 0.2) is 0 Å². The maximum atomic E-state index is 11.2. The van der Waals surface area contributed by atoms with Gasteiger partial charge in [0.2, 0.25) is 0 Å². The lowest BCUT2D eigenvalue weighted by atomic mass is 10.2. The number of Topliss-reactive ketones (excluding diaryl/α,β-unsaturated/α-hetero) is 1. The van der Waals surface area contributed by atoms with Crippen molar-refractivity contribution in [1.29, 1.82) is 0 Å². The van der Waals surface area contributed by atoms with Crippen molar-refractivity contribution in [2.24, 2.45) is 5.73 Å². The van der Waals surface area contributed by atoms with Crippen molar-refractivity contribution in [2.75, 3.05) is 6.61 Å². The molecule has 1 aromatic rings. The standard InChI is InChI=1S/C11H13NO4/c12-9(6-13)10(14)11(15)16-7-8-4-2-1-3-5-8/h1-5,9,13H,6-7,12H2. The molecule has 0 heterocycles. The summed E-state index contributed by atoms with van der Waals surface area (Å²) < 4.78 is 4.73. The number of aliphatic hydroxyl groups is 1. The second kappa shape index (κ2) is 5.99. The smallest absolute Gasteiger partial charge is 0.376 e. The first-order valence-corrected chi connectivity index (χ1v) is 4.76. The van der Waals surface area contributed by atoms with Crippen LogP contribution in [0.5, 0.6) is 0 Å². The molecule has 0 fully saturated rings. The Kier molecular flexibility index (Phi) is 4.63. The highest BCUT2D eigenvalue weighted by Gasteiger charge is 2.22. The van der Waals surface area contributed by atoms with E-state index in [0.29, 0.717) is 0 Å². The fourth-order valence-corrected chi connectivity index (χ4v) is 1.03. The summed E-state index contributed by atoms with van der Waals surface area (Å²) in [5, 5.41) is 8.59. The monoisotopic (exact) mass is 223 g/mol. The molecule has 5 heteroatoms. The zero-order valence-corrected chi connectivity index (χ0v) is 8.63. The van der Waals surface area contributed by atoms with Crippen LogP contribution in [0.2, 0.25) is 0 Å². The number of benzene rings is 1. The quantitative estimate of drug-likeness (QED) is 0.524. The van der Waals surface area contributed by atoms with Crippen molar-refractivity contribution >= 4 is 11.8 Å². The number of rotatable bonds is 5. The molecule has 0 saturated heterocycles. The zero-order valence-electron chi connectivity index (χ0n) is 8.63. The van der Waals surface area contributed by atoms with Gasteiger partial charge in [0.25, 0.3) is 5.78 Å². The second-order valence-corrected chi connectivity index (χ2v) is 3.22. The summed E-state index contributed by atoms with van der Waals surface area (Å²) in [6.45, 7) is -0.553. The van der Waals surface area contributed by atoms with E-state index in [0.717, 1.165) is 5.56 Å². The number of nitrogens with two attached hydrogens (primary N) is 1. The largest absolute Gasteiger partial charge is 0.455 e. The molecule has 0 aliphatic heterocycles. The molecular formula is C11H13NO4. The predicted octanol–water partition coefficient (Wildman–Crippen LogP) is -0.381. The van der Waals surface area contributed by atoms with Gasteiger partial charge >= 0.3 is 5.97 Å². The lowest BCUT2D eigenvalue weighted by molar-refractivity contribution is -0.155. The van der Waals surface area contributed by atoms with Gasteiger partial charge < -0.3 is 15.6 Å². The summed E-state index contributed by atoms with van der Waals surface area (Å²) in [7, 11) is 0. The number of carbonyl (C=O) groups excluding carboxylic acids is 2. The summed E-state index contributed by atoms with van der Waals surface area (Å²) in [5.74, 6) is -1.94. The average Bonchev–Trinajstić information content (AvgIpc) is 2.35. The highest BCUT2D eigenvalue weighted by atomic mass is 16.5. The molecule has 1 atom stereocenters. The van der Waals surface area contributed by atoms with Crippen LogP contribution in [-0.4, -0.2) is 29.5 Å². The minimum Gasteiger partial charge on any atom is -0.455 e. The van der Waals surface area contributed by atoms with E-state index in [1.807, 2.05) is 6.07 Å². The van der Waals surface area contributed by atoms with Crippen molar-refractivity contribution in [2.45, 2.75) is 12.6 Å². The Hall–Kier alpha value is -1.72. The normalized spacial score (nSPS) is 11.9. The van der Waals surface area contributed by atoms with E-state index in [9.17, 15) is 9.59 Å². The molecule has 3 N–H and O–H groups in total. The summed E-state index contributed by atoms with van der Waals surface area (Å²) in [5.41, 5.74) is 5.96. The van der Waals surface area contributed by atoms with Crippen molar-refractivity contribution in [3.8, 4) is 0 Å². The molecule has 1 rings (SSSR count). The molecule has 0 saturated carbocycles. The Bertz CT molecular complexity index is 364. The third-order valence-electron chi connectivity index (χ3n) is 1.95. The Morgan fingerprint density at radius 3 is 2.50 bits per heavy atom. The van der Waals surface area contributed by atoms with Gasteiger partial charge in [0.05, 0.1) is 12.6 Å². The maximum absolute atomic E-state index is 11.2. The minimum absolute atomic E-state index is 0.0174. The van der Waals surface area contributed by atoms with Gasteiger partial charge in [-0.3, -0.25) is 4.79 Å². The van der Waals surface area contributed by atoms with Crippen molar-refractivity contribution in [1.82, 2.24) is 0 Å². The number of hydrogen-bond donors (Lipinski definition) is 2. The Labute approximate surface area is 92.8 Å². The molecule has 1 unspecified atom stereocenters. The van der Waals surface area contributed by atoms with Crippen LogP contribution in [0.3, 0.4) is 0 Å². The van der Waals surface area contributed by atoms with Gasteiger partial charge in [-0.25, -0.2) is 4.79 Å². The fourth-order valence-electron chi connectivity index (χ4n) is 1.03. The van der Waals surface area contributed by atoms with Crippen molar-refractivity contribution in [3.63, 3.8) is 0 Å². The van der Waals surface area contributed by atoms with E-state index in [-0.39, 0.29) is 6.61 Å². The predicted molar refractivity (Wildman–Crippen MR) is 56.3 cm³/mol. The number of ether oxygens (including phenoxy) is 1. The first kappa shape index (κ1) is 12.4. The number of ketones is 1.